The number of amides is 2. The fourth-order valence-electron chi connectivity index (χ4n) is 4.07. The van der Waals surface area contributed by atoms with E-state index in [2.05, 4.69) is 5.32 Å². The Morgan fingerprint density at radius 3 is 2.10 bits per heavy atom. The topological polar surface area (TPSA) is 105 Å². The Balaban J connectivity index is 2.08. The van der Waals surface area contributed by atoms with Gasteiger partial charge in [-0.05, 0) is 69.7 Å². The maximum absolute atomic E-state index is 14.0. The largest absolute Gasteiger partial charge is 0.493 e. The number of hydrogen-bond acceptors (Lipinski definition) is 6. The number of carbonyl (C=O) groups excluding carboxylic acids is 2. The van der Waals surface area contributed by atoms with E-state index in [1.165, 1.54) is 43.4 Å². The van der Waals surface area contributed by atoms with Gasteiger partial charge in [0.15, 0.2) is 11.5 Å². The zero-order valence-corrected chi connectivity index (χ0v) is 25.6. The summed E-state index contributed by atoms with van der Waals surface area (Å²) in [5, 5.41) is 3.43. The van der Waals surface area contributed by atoms with Gasteiger partial charge in [0.1, 0.15) is 12.6 Å². The third kappa shape index (κ3) is 8.14. The first-order chi connectivity index (χ1) is 19.3. The Morgan fingerprint density at radius 2 is 1.54 bits per heavy atom. The van der Waals surface area contributed by atoms with Crippen LogP contribution in [0.3, 0.4) is 0 Å². The van der Waals surface area contributed by atoms with Crippen molar-refractivity contribution in [2.45, 2.75) is 50.7 Å². The minimum absolute atomic E-state index is 0.00496. The highest BCUT2D eigenvalue weighted by Gasteiger charge is 2.33. The van der Waals surface area contributed by atoms with Crippen molar-refractivity contribution in [1.82, 2.24) is 10.2 Å². The van der Waals surface area contributed by atoms with E-state index in [4.69, 9.17) is 21.1 Å². The molecule has 0 radical (unpaired) electrons. The lowest BCUT2D eigenvalue weighted by Crippen LogP contribution is -2.54. The van der Waals surface area contributed by atoms with Crippen LogP contribution in [0.15, 0.2) is 77.7 Å². The number of hydrogen-bond donors (Lipinski definition) is 1. The van der Waals surface area contributed by atoms with Crippen molar-refractivity contribution in [3.05, 3.63) is 83.4 Å². The number of nitrogens with one attached hydrogen (secondary N) is 1. The molecule has 3 aromatic carbocycles. The predicted octanol–water partition coefficient (Wildman–Crippen LogP) is 4.88. The summed E-state index contributed by atoms with van der Waals surface area (Å²) < 4.78 is 39.6. The van der Waals surface area contributed by atoms with Crippen molar-refractivity contribution in [1.29, 1.82) is 0 Å². The zero-order chi connectivity index (χ0) is 30.4. The number of anilines is 1. The Morgan fingerprint density at radius 1 is 0.927 bits per heavy atom. The van der Waals surface area contributed by atoms with Crippen LogP contribution in [-0.2, 0) is 26.2 Å². The van der Waals surface area contributed by atoms with Crippen molar-refractivity contribution >= 4 is 39.1 Å². The van der Waals surface area contributed by atoms with Crippen LogP contribution in [0.5, 0.6) is 11.5 Å². The first kappa shape index (κ1) is 31.8. The van der Waals surface area contributed by atoms with Crippen LogP contribution in [-0.4, -0.2) is 57.5 Å². The lowest BCUT2D eigenvalue weighted by Gasteiger charge is -2.33. The fraction of sp³-hybridized carbons (Fsp3) is 0.333. The van der Waals surface area contributed by atoms with E-state index < -0.39 is 34.1 Å². The molecule has 0 fully saturated rings. The van der Waals surface area contributed by atoms with Crippen LogP contribution in [0.1, 0.15) is 33.3 Å². The molecule has 3 rings (SSSR count). The van der Waals surface area contributed by atoms with E-state index in [-0.39, 0.29) is 23.0 Å². The van der Waals surface area contributed by atoms with Crippen molar-refractivity contribution in [3.63, 3.8) is 0 Å². The molecule has 2 amide bonds. The third-order valence-electron chi connectivity index (χ3n) is 6.20. The number of methoxy groups -OCH3 is 2. The highest BCUT2D eigenvalue weighted by molar-refractivity contribution is 7.92. The molecule has 0 spiro atoms. The summed E-state index contributed by atoms with van der Waals surface area (Å²) in [6.07, 6.45) is 0. The number of carbonyl (C=O) groups is 2. The molecule has 0 bridgehead atoms. The highest BCUT2D eigenvalue weighted by Crippen LogP contribution is 2.34. The third-order valence-corrected chi connectivity index (χ3v) is 8.24. The Hall–Kier alpha value is -3.76. The number of halogens is 1. The van der Waals surface area contributed by atoms with Gasteiger partial charge < -0.3 is 19.7 Å². The molecule has 0 aromatic heterocycles. The Kier molecular flexibility index (Phi) is 10.3. The second-order valence-corrected chi connectivity index (χ2v) is 12.7. The van der Waals surface area contributed by atoms with E-state index >= 15 is 0 Å². The van der Waals surface area contributed by atoms with Crippen LogP contribution in [0, 0.1) is 0 Å². The van der Waals surface area contributed by atoms with Gasteiger partial charge >= 0.3 is 0 Å². The molecular formula is C30H36ClN3O6S. The molecule has 220 valence electrons. The summed E-state index contributed by atoms with van der Waals surface area (Å²) in [6, 6.07) is 18.4. The van der Waals surface area contributed by atoms with E-state index in [0.29, 0.717) is 16.5 Å². The molecule has 9 nitrogen and oxygen atoms in total. The van der Waals surface area contributed by atoms with Crippen molar-refractivity contribution in [2.75, 3.05) is 25.1 Å². The second kappa shape index (κ2) is 13.3. The van der Waals surface area contributed by atoms with Crippen LogP contribution in [0.2, 0.25) is 5.02 Å². The minimum Gasteiger partial charge on any atom is -0.493 e. The number of nitrogens with zero attached hydrogens (tertiary/aromatic N) is 2. The zero-order valence-electron chi connectivity index (χ0n) is 24.0. The fourth-order valence-corrected chi connectivity index (χ4v) is 5.62. The number of rotatable bonds is 11. The number of ether oxygens (including phenoxy) is 2. The first-order valence-corrected chi connectivity index (χ1v) is 14.7. The van der Waals surface area contributed by atoms with Crippen molar-refractivity contribution in [2.24, 2.45) is 0 Å². The molecule has 0 unspecified atom stereocenters. The summed E-state index contributed by atoms with van der Waals surface area (Å²) in [7, 11) is -1.30. The van der Waals surface area contributed by atoms with Crippen molar-refractivity contribution < 1.29 is 27.5 Å². The molecule has 11 heteroatoms. The molecule has 0 aliphatic carbocycles. The maximum atomic E-state index is 14.0. The molecule has 1 atom stereocenters. The van der Waals surface area contributed by atoms with Gasteiger partial charge in [-0.1, -0.05) is 41.9 Å². The Bertz CT molecular complexity index is 1460. The normalized spacial score (nSPS) is 12.3. The summed E-state index contributed by atoms with van der Waals surface area (Å²) in [5.41, 5.74) is 0.377. The van der Waals surface area contributed by atoms with Gasteiger partial charge in [0, 0.05) is 23.2 Å². The average Bonchev–Trinajstić information content (AvgIpc) is 2.94. The molecule has 41 heavy (non-hydrogen) atoms. The summed E-state index contributed by atoms with van der Waals surface area (Å²) in [6.45, 7) is 6.62. The highest BCUT2D eigenvalue weighted by atomic mass is 35.5. The van der Waals surface area contributed by atoms with Gasteiger partial charge in [0.25, 0.3) is 10.0 Å². The number of benzene rings is 3. The maximum Gasteiger partial charge on any atom is 0.264 e. The van der Waals surface area contributed by atoms with Crippen LogP contribution in [0.4, 0.5) is 5.69 Å². The average molecular weight is 602 g/mol. The van der Waals surface area contributed by atoms with Crippen molar-refractivity contribution in [3.8, 4) is 11.5 Å². The van der Waals surface area contributed by atoms with Crippen LogP contribution < -0.4 is 19.1 Å². The van der Waals surface area contributed by atoms with E-state index in [9.17, 15) is 18.0 Å². The van der Waals surface area contributed by atoms with Gasteiger partial charge in [-0.3, -0.25) is 13.9 Å². The molecule has 0 heterocycles. The molecule has 3 aromatic rings. The lowest BCUT2D eigenvalue weighted by molar-refractivity contribution is -0.140. The summed E-state index contributed by atoms with van der Waals surface area (Å²) in [4.78, 5) is 28.6. The molecule has 1 N–H and O–H groups in total. The van der Waals surface area contributed by atoms with Crippen LogP contribution in [0.25, 0.3) is 0 Å². The van der Waals surface area contributed by atoms with E-state index in [1.807, 2.05) is 20.8 Å². The van der Waals surface area contributed by atoms with Gasteiger partial charge in [-0.25, -0.2) is 8.42 Å². The molecule has 0 aliphatic heterocycles. The van der Waals surface area contributed by atoms with Crippen LogP contribution >= 0.6 is 11.6 Å². The molecule has 0 aliphatic rings. The standard InChI is InChI=1S/C30H36ClN3O6S/c1-21(29(36)32-30(2,3)4)33(19-22-12-14-23(31)15-13-22)28(35)20-34(41(37,38)25-10-8-7-9-11-25)24-16-17-26(39-5)27(18-24)40-6/h7-18,21H,19-20H2,1-6H3,(H,32,36)/t21-/m1/s1. The summed E-state index contributed by atoms with van der Waals surface area (Å²) in [5.74, 6) is -0.257. The lowest BCUT2D eigenvalue weighted by atomic mass is 10.1. The second-order valence-electron chi connectivity index (χ2n) is 10.4. The molecule has 0 saturated carbocycles. The predicted molar refractivity (Wildman–Crippen MR) is 160 cm³/mol. The minimum atomic E-state index is -4.21. The van der Waals surface area contributed by atoms with Gasteiger partial charge in [0.2, 0.25) is 11.8 Å². The summed E-state index contributed by atoms with van der Waals surface area (Å²) >= 11 is 6.05. The monoisotopic (exact) mass is 601 g/mol. The molecular weight excluding hydrogens is 566 g/mol. The van der Waals surface area contributed by atoms with Gasteiger partial charge in [0.05, 0.1) is 24.8 Å². The first-order valence-electron chi connectivity index (χ1n) is 12.9. The number of sulfonamides is 1. The van der Waals surface area contributed by atoms with Gasteiger partial charge in [-0.15, -0.1) is 0 Å². The van der Waals surface area contributed by atoms with Gasteiger partial charge in [-0.2, -0.15) is 0 Å². The smallest absolute Gasteiger partial charge is 0.264 e. The molecule has 0 saturated heterocycles. The SMILES string of the molecule is COc1ccc(N(CC(=O)N(Cc2ccc(Cl)cc2)[C@H](C)C(=O)NC(C)(C)C)S(=O)(=O)c2ccccc2)cc1OC. The Labute approximate surface area is 247 Å². The van der Waals surface area contributed by atoms with E-state index in [1.54, 1.807) is 55.5 Å². The van der Waals surface area contributed by atoms with E-state index in [0.717, 1.165) is 9.87 Å². The quantitative estimate of drug-likeness (QED) is 0.336.